The number of aryl methyl sites for hydroxylation is 1. The normalized spacial score (nSPS) is 26.7. The molecular formula is C14H20N2O4S. The highest BCUT2D eigenvalue weighted by molar-refractivity contribution is 7.89. The first-order valence-electron chi connectivity index (χ1n) is 7.33. The molecule has 1 aliphatic carbocycles. The summed E-state index contributed by atoms with van der Waals surface area (Å²) in [6, 6.07) is 1.35. The molecule has 1 aliphatic heterocycles. The molecule has 0 unspecified atom stereocenters. The van der Waals surface area contributed by atoms with Crippen LogP contribution in [0.5, 0.6) is 0 Å². The molecule has 0 aromatic carbocycles. The molecule has 0 bridgehead atoms. The highest BCUT2D eigenvalue weighted by atomic mass is 32.2. The van der Waals surface area contributed by atoms with Crippen LogP contribution in [0.2, 0.25) is 0 Å². The van der Waals surface area contributed by atoms with E-state index in [1.165, 1.54) is 16.8 Å². The Morgan fingerprint density at radius 3 is 2.67 bits per heavy atom. The molecular weight excluding hydrogens is 292 g/mol. The van der Waals surface area contributed by atoms with Gasteiger partial charge in [-0.15, -0.1) is 0 Å². The average Bonchev–Trinajstić information content (AvgIpc) is 3.03. The summed E-state index contributed by atoms with van der Waals surface area (Å²) in [5.74, 6) is -0.646. The van der Waals surface area contributed by atoms with Gasteiger partial charge in [0.1, 0.15) is 10.6 Å². The highest BCUT2D eigenvalue weighted by Gasteiger charge is 2.41. The van der Waals surface area contributed by atoms with Gasteiger partial charge in [0.05, 0.1) is 0 Å². The maximum Gasteiger partial charge on any atom is 0.352 e. The Morgan fingerprint density at radius 1 is 1.29 bits per heavy atom. The first-order chi connectivity index (χ1) is 9.91. The minimum Gasteiger partial charge on any atom is -0.477 e. The third-order valence-electron chi connectivity index (χ3n) is 4.75. The number of hydrogen-bond acceptors (Lipinski definition) is 3. The zero-order valence-electron chi connectivity index (χ0n) is 12.0. The average molecular weight is 312 g/mol. The summed E-state index contributed by atoms with van der Waals surface area (Å²) in [6.45, 7) is 0.542. The van der Waals surface area contributed by atoms with Crippen molar-refractivity contribution in [3.05, 3.63) is 18.0 Å². The molecule has 2 aliphatic rings. The Labute approximate surface area is 124 Å². The standard InChI is InChI=1S/C14H20N2O4S/c1-15-9-11(8-13(15)14(17)18)21(19,20)16-7-3-5-10-4-2-6-12(10)16/h8-10,12H,2-7H2,1H3,(H,17,18)/t10-,12+/m0/s1. The molecule has 3 rings (SSSR count). The summed E-state index contributed by atoms with van der Waals surface area (Å²) in [5.41, 5.74) is -0.00597. The quantitative estimate of drug-likeness (QED) is 0.921. The van der Waals surface area contributed by atoms with Gasteiger partial charge in [0.2, 0.25) is 10.0 Å². The number of carbonyl (C=O) groups is 1. The minimum absolute atomic E-state index is 0.00597. The SMILES string of the molecule is Cn1cc(S(=O)(=O)N2CCC[C@@H]3CCC[C@H]32)cc1C(=O)O. The molecule has 2 fully saturated rings. The minimum atomic E-state index is -3.60. The first-order valence-corrected chi connectivity index (χ1v) is 8.77. The number of carboxylic acid groups (broad SMARTS) is 1. The Bertz CT molecular complexity index is 665. The molecule has 1 N–H and O–H groups in total. The van der Waals surface area contributed by atoms with Crippen LogP contribution in [-0.2, 0) is 17.1 Å². The predicted octanol–water partition coefficient (Wildman–Crippen LogP) is 1.68. The summed E-state index contributed by atoms with van der Waals surface area (Å²) in [4.78, 5) is 11.2. The second-order valence-corrected chi connectivity index (χ2v) is 7.88. The van der Waals surface area contributed by atoms with Crippen molar-refractivity contribution in [2.45, 2.75) is 43.0 Å². The van der Waals surface area contributed by atoms with E-state index in [9.17, 15) is 13.2 Å². The van der Waals surface area contributed by atoms with Gasteiger partial charge in [0.15, 0.2) is 0 Å². The molecule has 6 nitrogen and oxygen atoms in total. The van der Waals surface area contributed by atoms with Crippen LogP contribution in [0.3, 0.4) is 0 Å². The van der Waals surface area contributed by atoms with Crippen LogP contribution in [0.15, 0.2) is 17.2 Å². The van der Waals surface area contributed by atoms with Crippen molar-refractivity contribution < 1.29 is 18.3 Å². The van der Waals surface area contributed by atoms with Crippen LogP contribution in [0.25, 0.3) is 0 Å². The number of rotatable bonds is 3. The lowest BCUT2D eigenvalue weighted by Gasteiger charge is -2.36. The van der Waals surface area contributed by atoms with E-state index in [4.69, 9.17) is 5.11 Å². The number of carboxylic acids is 1. The molecule has 2 atom stereocenters. The summed E-state index contributed by atoms with van der Waals surface area (Å²) in [7, 11) is -2.05. The van der Waals surface area contributed by atoms with Crippen LogP contribution in [-0.4, -0.2) is 41.0 Å². The number of sulfonamides is 1. The number of nitrogens with zero attached hydrogens (tertiary/aromatic N) is 2. The van der Waals surface area contributed by atoms with Gasteiger partial charge < -0.3 is 9.67 Å². The molecule has 7 heteroatoms. The predicted molar refractivity (Wildman–Crippen MR) is 76.6 cm³/mol. The lowest BCUT2D eigenvalue weighted by Crippen LogP contribution is -2.45. The van der Waals surface area contributed by atoms with Crippen LogP contribution >= 0.6 is 0 Å². The Balaban J connectivity index is 1.96. The fraction of sp³-hybridized carbons (Fsp3) is 0.643. The fourth-order valence-corrected chi connectivity index (χ4v) is 5.56. The Kier molecular flexibility index (Phi) is 3.57. The maximum absolute atomic E-state index is 12.8. The van der Waals surface area contributed by atoms with Crippen molar-refractivity contribution >= 4 is 16.0 Å². The first kappa shape index (κ1) is 14.6. The van der Waals surface area contributed by atoms with Crippen molar-refractivity contribution in [1.82, 2.24) is 8.87 Å². The Hall–Kier alpha value is -1.34. The number of fused-ring (bicyclic) bond motifs is 1. The second-order valence-electron chi connectivity index (χ2n) is 5.99. The van der Waals surface area contributed by atoms with E-state index in [1.54, 1.807) is 11.4 Å². The third-order valence-corrected chi connectivity index (χ3v) is 6.64. The third kappa shape index (κ3) is 2.38. The van der Waals surface area contributed by atoms with Gasteiger partial charge in [-0.05, 0) is 37.7 Å². The lowest BCUT2D eigenvalue weighted by atomic mass is 9.94. The van der Waals surface area contributed by atoms with Crippen molar-refractivity contribution in [3.8, 4) is 0 Å². The number of piperidine rings is 1. The summed E-state index contributed by atoms with van der Waals surface area (Å²) >= 11 is 0. The van der Waals surface area contributed by atoms with Crippen molar-refractivity contribution in [2.24, 2.45) is 13.0 Å². The lowest BCUT2D eigenvalue weighted by molar-refractivity contribution is 0.0686. The highest BCUT2D eigenvalue weighted by Crippen LogP contribution is 2.39. The van der Waals surface area contributed by atoms with Crippen LogP contribution in [0.4, 0.5) is 0 Å². The second kappa shape index (κ2) is 5.14. The molecule has 1 saturated heterocycles. The molecule has 0 spiro atoms. The van der Waals surface area contributed by atoms with Crippen LogP contribution in [0.1, 0.15) is 42.6 Å². The van der Waals surface area contributed by atoms with E-state index in [-0.39, 0.29) is 16.6 Å². The van der Waals surface area contributed by atoms with Gasteiger partial charge in [0.25, 0.3) is 0 Å². The summed E-state index contributed by atoms with van der Waals surface area (Å²) in [6.07, 6.45) is 6.49. The van der Waals surface area contributed by atoms with Gasteiger partial charge >= 0.3 is 5.97 Å². The van der Waals surface area contributed by atoms with Crippen molar-refractivity contribution in [2.75, 3.05) is 6.54 Å². The largest absolute Gasteiger partial charge is 0.477 e. The zero-order valence-corrected chi connectivity index (χ0v) is 12.8. The van der Waals surface area contributed by atoms with Gasteiger partial charge in [-0.2, -0.15) is 4.31 Å². The van der Waals surface area contributed by atoms with E-state index in [1.807, 2.05) is 0 Å². The Morgan fingerprint density at radius 2 is 2.00 bits per heavy atom. The molecule has 2 heterocycles. The number of hydrogen-bond donors (Lipinski definition) is 1. The van der Waals surface area contributed by atoms with Crippen LogP contribution < -0.4 is 0 Å². The fourth-order valence-electron chi connectivity index (χ4n) is 3.73. The van der Waals surface area contributed by atoms with Gasteiger partial charge in [-0.25, -0.2) is 13.2 Å². The molecule has 21 heavy (non-hydrogen) atoms. The number of aromatic nitrogens is 1. The van der Waals surface area contributed by atoms with E-state index in [0.717, 1.165) is 32.1 Å². The van der Waals surface area contributed by atoms with Crippen LogP contribution in [0, 0.1) is 5.92 Å². The van der Waals surface area contributed by atoms with E-state index < -0.39 is 16.0 Å². The molecule has 0 radical (unpaired) electrons. The summed E-state index contributed by atoms with van der Waals surface area (Å²) in [5, 5.41) is 9.08. The monoisotopic (exact) mass is 312 g/mol. The molecule has 116 valence electrons. The van der Waals surface area contributed by atoms with E-state index in [2.05, 4.69) is 0 Å². The molecule has 1 aromatic heterocycles. The van der Waals surface area contributed by atoms with Gasteiger partial charge in [-0.1, -0.05) is 6.42 Å². The number of aromatic carboxylic acids is 1. The maximum atomic E-state index is 12.8. The van der Waals surface area contributed by atoms with Gasteiger partial charge in [-0.3, -0.25) is 0 Å². The van der Waals surface area contributed by atoms with Gasteiger partial charge in [0, 0.05) is 25.8 Å². The topological polar surface area (TPSA) is 79.6 Å². The van der Waals surface area contributed by atoms with E-state index in [0.29, 0.717) is 12.5 Å². The van der Waals surface area contributed by atoms with Crippen molar-refractivity contribution in [3.63, 3.8) is 0 Å². The van der Waals surface area contributed by atoms with Crippen molar-refractivity contribution in [1.29, 1.82) is 0 Å². The smallest absolute Gasteiger partial charge is 0.352 e. The van der Waals surface area contributed by atoms with E-state index >= 15 is 0 Å². The molecule has 0 amide bonds. The zero-order chi connectivity index (χ0) is 15.2. The molecule has 1 aromatic rings. The summed E-state index contributed by atoms with van der Waals surface area (Å²) < 4.78 is 28.6. The molecule has 1 saturated carbocycles.